The third-order valence-electron chi connectivity index (χ3n) is 4.42. The van der Waals surface area contributed by atoms with Gasteiger partial charge in [0.05, 0.1) is 5.75 Å². The van der Waals surface area contributed by atoms with Crippen molar-refractivity contribution in [1.29, 1.82) is 0 Å². The van der Waals surface area contributed by atoms with Crippen LogP contribution in [-0.2, 0) is 0 Å². The van der Waals surface area contributed by atoms with Crippen LogP contribution in [0, 0.1) is 13.8 Å². The van der Waals surface area contributed by atoms with Gasteiger partial charge in [0.2, 0.25) is 0 Å². The van der Waals surface area contributed by atoms with Gasteiger partial charge in [0.15, 0.2) is 10.9 Å². The first kappa shape index (κ1) is 18.4. The summed E-state index contributed by atoms with van der Waals surface area (Å²) in [5, 5.41) is 0.624. The highest BCUT2D eigenvalue weighted by Crippen LogP contribution is 2.24. The predicted molar refractivity (Wildman–Crippen MR) is 106 cm³/mol. The lowest BCUT2D eigenvalue weighted by Gasteiger charge is -2.12. The van der Waals surface area contributed by atoms with Crippen molar-refractivity contribution in [3.8, 4) is 5.69 Å². The van der Waals surface area contributed by atoms with Crippen LogP contribution >= 0.6 is 11.8 Å². The maximum atomic E-state index is 12.7. The summed E-state index contributed by atoms with van der Waals surface area (Å²) < 4.78 is 2.14. The first-order chi connectivity index (χ1) is 12.5. The van der Waals surface area contributed by atoms with Gasteiger partial charge in [-0.25, -0.2) is 9.97 Å². The molecule has 0 N–H and O–H groups in total. The van der Waals surface area contributed by atoms with Crippen molar-refractivity contribution in [2.75, 3.05) is 5.75 Å². The second kappa shape index (κ2) is 7.87. The van der Waals surface area contributed by atoms with Crippen LogP contribution in [0.5, 0.6) is 0 Å². The molecule has 3 aromatic rings. The standard InChI is InChI=1S/C21H23N3OS/c1-14(2)17-6-8-18(9-7-17)24-15(3)12-19(16(24)4)20(25)13-26-21-22-10-5-11-23-21/h5-12,14H,13H2,1-4H3. The molecule has 0 amide bonds. The molecule has 134 valence electrons. The fourth-order valence-electron chi connectivity index (χ4n) is 3.02. The van der Waals surface area contributed by atoms with Crippen molar-refractivity contribution in [2.45, 2.75) is 38.8 Å². The van der Waals surface area contributed by atoms with Gasteiger partial charge in [-0.05, 0) is 49.6 Å². The molecule has 0 aliphatic heterocycles. The van der Waals surface area contributed by atoms with E-state index in [1.165, 1.54) is 17.3 Å². The van der Waals surface area contributed by atoms with Gasteiger partial charge in [-0.15, -0.1) is 0 Å². The zero-order valence-electron chi connectivity index (χ0n) is 15.6. The highest BCUT2D eigenvalue weighted by atomic mass is 32.2. The molecule has 0 saturated heterocycles. The smallest absolute Gasteiger partial charge is 0.187 e. The Balaban J connectivity index is 1.82. The van der Waals surface area contributed by atoms with E-state index in [4.69, 9.17) is 0 Å². The molecule has 0 saturated carbocycles. The number of hydrogen-bond donors (Lipinski definition) is 0. The Morgan fingerprint density at radius 1 is 1.12 bits per heavy atom. The topological polar surface area (TPSA) is 47.8 Å². The molecule has 5 heteroatoms. The maximum Gasteiger partial charge on any atom is 0.187 e. The molecule has 0 aliphatic rings. The molecule has 0 unspecified atom stereocenters. The number of carbonyl (C=O) groups excluding carboxylic acids is 1. The van der Waals surface area contributed by atoms with Gasteiger partial charge in [0.25, 0.3) is 0 Å². The quantitative estimate of drug-likeness (QED) is 0.351. The Hall–Kier alpha value is -2.40. The molecular weight excluding hydrogens is 342 g/mol. The van der Waals surface area contributed by atoms with Crippen LogP contribution in [0.2, 0.25) is 0 Å². The third-order valence-corrected chi connectivity index (χ3v) is 5.30. The third kappa shape index (κ3) is 3.88. The van der Waals surface area contributed by atoms with E-state index >= 15 is 0 Å². The van der Waals surface area contributed by atoms with Gasteiger partial charge in [0.1, 0.15) is 0 Å². The molecule has 2 aromatic heterocycles. The van der Waals surface area contributed by atoms with Crippen molar-refractivity contribution >= 4 is 17.5 Å². The Morgan fingerprint density at radius 3 is 2.38 bits per heavy atom. The second-order valence-electron chi connectivity index (χ2n) is 6.61. The number of ketones is 1. The van der Waals surface area contributed by atoms with Crippen LogP contribution in [0.1, 0.15) is 47.1 Å². The molecule has 4 nitrogen and oxygen atoms in total. The Kier molecular flexibility index (Phi) is 5.57. The zero-order chi connectivity index (χ0) is 18.7. The molecule has 0 atom stereocenters. The number of rotatable bonds is 6. The van der Waals surface area contributed by atoms with E-state index < -0.39 is 0 Å². The molecule has 0 fully saturated rings. The van der Waals surface area contributed by atoms with Crippen LogP contribution in [0.3, 0.4) is 0 Å². The minimum absolute atomic E-state index is 0.0978. The van der Waals surface area contributed by atoms with Gasteiger partial charge >= 0.3 is 0 Å². The van der Waals surface area contributed by atoms with Crippen LogP contribution in [-0.4, -0.2) is 26.1 Å². The summed E-state index contributed by atoms with van der Waals surface area (Å²) in [7, 11) is 0. The summed E-state index contributed by atoms with van der Waals surface area (Å²) in [5.74, 6) is 0.937. The van der Waals surface area contributed by atoms with Gasteiger partial charge in [-0.1, -0.05) is 37.7 Å². The number of nitrogens with zero attached hydrogens (tertiary/aromatic N) is 3. The summed E-state index contributed by atoms with van der Waals surface area (Å²) in [6.45, 7) is 8.41. The maximum absolute atomic E-state index is 12.7. The van der Waals surface area contributed by atoms with Crippen molar-refractivity contribution in [3.63, 3.8) is 0 Å². The van der Waals surface area contributed by atoms with Gasteiger partial charge < -0.3 is 4.57 Å². The molecule has 0 bridgehead atoms. The summed E-state index contributed by atoms with van der Waals surface area (Å²) in [6, 6.07) is 12.3. The van der Waals surface area contributed by atoms with Gasteiger partial charge in [-0.2, -0.15) is 0 Å². The average Bonchev–Trinajstić information content (AvgIpc) is 2.95. The lowest BCUT2D eigenvalue weighted by Crippen LogP contribution is -2.06. The van der Waals surface area contributed by atoms with Crippen LogP contribution in [0.25, 0.3) is 5.69 Å². The number of thioether (sulfide) groups is 1. The minimum atomic E-state index is 0.0978. The highest BCUT2D eigenvalue weighted by molar-refractivity contribution is 7.99. The normalized spacial score (nSPS) is 11.1. The van der Waals surface area contributed by atoms with E-state index in [0.717, 1.165) is 22.6 Å². The van der Waals surface area contributed by atoms with E-state index in [0.29, 0.717) is 16.8 Å². The summed E-state index contributed by atoms with van der Waals surface area (Å²) in [6.07, 6.45) is 3.37. The fraction of sp³-hybridized carbons (Fsp3) is 0.286. The lowest BCUT2D eigenvalue weighted by atomic mass is 10.0. The Bertz CT molecular complexity index is 899. The molecule has 2 heterocycles. The van der Waals surface area contributed by atoms with E-state index in [2.05, 4.69) is 52.6 Å². The lowest BCUT2D eigenvalue weighted by molar-refractivity contribution is 0.102. The Labute approximate surface area is 158 Å². The molecule has 0 aliphatic carbocycles. The number of aromatic nitrogens is 3. The van der Waals surface area contributed by atoms with E-state index in [-0.39, 0.29) is 5.78 Å². The molecular formula is C21H23N3OS. The van der Waals surface area contributed by atoms with Gasteiger partial charge in [0, 0.05) is 35.0 Å². The highest BCUT2D eigenvalue weighted by Gasteiger charge is 2.17. The van der Waals surface area contributed by atoms with Crippen molar-refractivity contribution < 1.29 is 4.79 Å². The summed E-state index contributed by atoms with van der Waals surface area (Å²) in [4.78, 5) is 21.0. The zero-order valence-corrected chi connectivity index (χ0v) is 16.4. The minimum Gasteiger partial charge on any atom is -0.318 e. The second-order valence-corrected chi connectivity index (χ2v) is 7.55. The number of benzene rings is 1. The van der Waals surface area contributed by atoms with Crippen molar-refractivity contribution in [3.05, 3.63) is 71.3 Å². The van der Waals surface area contributed by atoms with E-state index in [9.17, 15) is 4.79 Å². The molecule has 3 rings (SSSR count). The van der Waals surface area contributed by atoms with Crippen LogP contribution in [0.15, 0.2) is 53.9 Å². The summed E-state index contributed by atoms with van der Waals surface area (Å²) in [5.41, 5.74) is 5.19. The first-order valence-electron chi connectivity index (χ1n) is 8.69. The Morgan fingerprint density at radius 2 is 1.77 bits per heavy atom. The van der Waals surface area contributed by atoms with Gasteiger partial charge in [-0.3, -0.25) is 4.79 Å². The predicted octanol–water partition coefficient (Wildman–Crippen LogP) is 4.98. The van der Waals surface area contributed by atoms with E-state index in [1.807, 2.05) is 19.9 Å². The van der Waals surface area contributed by atoms with E-state index in [1.54, 1.807) is 18.5 Å². The molecule has 0 spiro atoms. The molecule has 26 heavy (non-hydrogen) atoms. The number of carbonyl (C=O) groups is 1. The monoisotopic (exact) mass is 365 g/mol. The molecule has 1 aromatic carbocycles. The van der Waals surface area contributed by atoms with Crippen LogP contribution < -0.4 is 0 Å². The average molecular weight is 366 g/mol. The summed E-state index contributed by atoms with van der Waals surface area (Å²) >= 11 is 1.37. The number of hydrogen-bond acceptors (Lipinski definition) is 4. The van der Waals surface area contributed by atoms with Crippen molar-refractivity contribution in [2.24, 2.45) is 0 Å². The fourth-order valence-corrected chi connectivity index (χ4v) is 3.70. The number of Topliss-reactive ketones (excluding diaryl/α,β-unsaturated/α-hetero) is 1. The first-order valence-corrected chi connectivity index (χ1v) is 9.68. The SMILES string of the molecule is Cc1cc(C(=O)CSc2ncccn2)c(C)n1-c1ccc(C(C)C)cc1. The molecule has 0 radical (unpaired) electrons. The largest absolute Gasteiger partial charge is 0.318 e. The van der Waals surface area contributed by atoms with Crippen molar-refractivity contribution in [1.82, 2.24) is 14.5 Å². The van der Waals surface area contributed by atoms with Crippen LogP contribution in [0.4, 0.5) is 0 Å². The number of aryl methyl sites for hydroxylation is 1.